The van der Waals surface area contributed by atoms with Crippen molar-refractivity contribution in [1.29, 1.82) is 0 Å². The Morgan fingerprint density at radius 1 is 0.242 bits per heavy atom. The fourth-order valence-corrected chi connectivity index (χ4v) is 9.81. The normalized spacial score (nSPS) is 11.6. The SMILES string of the molecule is c1ccc(-c2cc(-c3ccccc3)cc(-c3ccc4ccc(-c5ccc6ccc(-c7c8ccccc8c(-c8ccc9ccc%10cccnc%10c9n8)c8ccccc78)nc6c5)cc4n3)c2)cc1. The summed E-state index contributed by atoms with van der Waals surface area (Å²) in [4.78, 5) is 20.9. The van der Waals surface area contributed by atoms with Crippen molar-refractivity contribution in [2.45, 2.75) is 0 Å². The van der Waals surface area contributed by atoms with Gasteiger partial charge < -0.3 is 0 Å². The largest absolute Gasteiger partial charge is 0.254 e. The van der Waals surface area contributed by atoms with Crippen molar-refractivity contribution in [3.05, 3.63) is 231 Å². The Morgan fingerprint density at radius 3 is 1.23 bits per heavy atom. The Morgan fingerprint density at radius 2 is 0.667 bits per heavy atom. The third kappa shape index (κ3) is 6.46. The molecule has 4 heterocycles. The molecule has 13 aromatic rings. The van der Waals surface area contributed by atoms with Crippen molar-refractivity contribution in [3.63, 3.8) is 0 Å². The molecule has 4 aromatic heterocycles. The molecule has 4 nitrogen and oxygen atoms in total. The minimum Gasteiger partial charge on any atom is -0.254 e. The molecule has 4 heteroatoms. The van der Waals surface area contributed by atoms with E-state index < -0.39 is 0 Å². The summed E-state index contributed by atoms with van der Waals surface area (Å²) in [7, 11) is 0. The Bertz CT molecular complexity index is 3930. The van der Waals surface area contributed by atoms with E-state index in [-0.39, 0.29) is 0 Å². The van der Waals surface area contributed by atoms with E-state index in [1.807, 2.05) is 12.3 Å². The molecule has 0 fully saturated rings. The number of benzene rings is 9. The second-order valence-electron chi connectivity index (χ2n) is 17.0. The van der Waals surface area contributed by atoms with Gasteiger partial charge in [0.2, 0.25) is 0 Å². The van der Waals surface area contributed by atoms with Crippen LogP contribution in [0.15, 0.2) is 231 Å². The molecule has 0 bridgehead atoms. The van der Waals surface area contributed by atoms with Crippen molar-refractivity contribution in [3.8, 4) is 67.2 Å². The highest BCUT2D eigenvalue weighted by molar-refractivity contribution is 6.21. The number of fused-ring (bicyclic) bond motifs is 7. The van der Waals surface area contributed by atoms with Crippen molar-refractivity contribution >= 4 is 65.2 Å². The Labute approximate surface area is 381 Å². The third-order valence-electron chi connectivity index (χ3n) is 13.0. The van der Waals surface area contributed by atoms with Crippen LogP contribution in [0.1, 0.15) is 0 Å². The van der Waals surface area contributed by atoms with Crippen LogP contribution in [-0.2, 0) is 0 Å². The standard InChI is InChI=1S/C62H38N4/c1-3-12-39(13-4-1)47-34-48(40-14-5-2-6-15-40)36-49(35-47)54-30-27-41-21-25-45(37-57(41)64-54)46-26-22-42-28-31-55(65-58(42)38-46)59-50-17-7-9-19-52(50)60(53-20-10-8-18-51(53)59)56-32-29-44-24-23-43-16-11-33-63-61(43)62(44)66-56/h1-38H. The van der Waals surface area contributed by atoms with Crippen molar-refractivity contribution < 1.29 is 0 Å². The summed E-state index contributed by atoms with van der Waals surface area (Å²) in [5.74, 6) is 0. The quantitative estimate of drug-likeness (QED) is 0.124. The van der Waals surface area contributed by atoms with Gasteiger partial charge in [-0.15, -0.1) is 0 Å². The molecule has 0 amide bonds. The van der Waals surface area contributed by atoms with Gasteiger partial charge in [-0.05, 0) is 110 Å². The van der Waals surface area contributed by atoms with Crippen LogP contribution in [0.5, 0.6) is 0 Å². The molecule has 0 aliphatic carbocycles. The van der Waals surface area contributed by atoms with Gasteiger partial charge in [0.15, 0.2) is 0 Å². The van der Waals surface area contributed by atoms with Gasteiger partial charge in [-0.1, -0.05) is 170 Å². The summed E-state index contributed by atoms with van der Waals surface area (Å²) in [5, 5.41) is 8.86. The smallest absolute Gasteiger partial charge is 0.0972 e. The molecule has 0 N–H and O–H groups in total. The second-order valence-corrected chi connectivity index (χ2v) is 17.0. The Kier molecular flexibility index (Phi) is 8.81. The van der Waals surface area contributed by atoms with E-state index in [9.17, 15) is 0 Å². The van der Waals surface area contributed by atoms with Gasteiger partial charge in [-0.2, -0.15) is 0 Å². The van der Waals surface area contributed by atoms with Crippen LogP contribution in [0.25, 0.3) is 132 Å². The predicted octanol–water partition coefficient (Wildman–Crippen LogP) is 16.2. The lowest BCUT2D eigenvalue weighted by molar-refractivity contribution is 1.38. The van der Waals surface area contributed by atoms with E-state index in [1.165, 1.54) is 11.1 Å². The number of pyridine rings is 4. The Balaban J connectivity index is 0.915. The fourth-order valence-electron chi connectivity index (χ4n) is 9.81. The van der Waals surface area contributed by atoms with Crippen LogP contribution in [-0.4, -0.2) is 19.9 Å². The maximum Gasteiger partial charge on any atom is 0.0972 e. The molecule has 0 aliphatic heterocycles. The Hall–Kier alpha value is -8.86. The molecule has 0 spiro atoms. The van der Waals surface area contributed by atoms with Crippen LogP contribution < -0.4 is 0 Å². The predicted molar refractivity (Wildman–Crippen MR) is 275 cm³/mol. The van der Waals surface area contributed by atoms with Gasteiger partial charge in [-0.3, -0.25) is 4.98 Å². The molecule has 0 atom stereocenters. The maximum absolute atomic E-state index is 5.45. The van der Waals surface area contributed by atoms with Crippen LogP contribution in [0.2, 0.25) is 0 Å². The first kappa shape index (κ1) is 37.7. The molecule has 0 saturated carbocycles. The second kappa shape index (κ2) is 15.4. The topological polar surface area (TPSA) is 51.6 Å². The van der Waals surface area contributed by atoms with Crippen LogP contribution in [0, 0.1) is 0 Å². The van der Waals surface area contributed by atoms with Crippen LogP contribution in [0.4, 0.5) is 0 Å². The lowest BCUT2D eigenvalue weighted by atomic mass is 9.88. The number of aromatic nitrogens is 4. The summed E-state index contributed by atoms with van der Waals surface area (Å²) in [5.41, 5.74) is 16.6. The first-order chi connectivity index (χ1) is 32.7. The van der Waals surface area contributed by atoms with E-state index in [0.29, 0.717) is 0 Å². The number of hydrogen-bond donors (Lipinski definition) is 0. The number of rotatable bonds is 6. The van der Waals surface area contributed by atoms with Gasteiger partial charge in [-0.25, -0.2) is 15.0 Å². The highest BCUT2D eigenvalue weighted by atomic mass is 14.8. The van der Waals surface area contributed by atoms with E-state index in [0.717, 1.165) is 121 Å². The van der Waals surface area contributed by atoms with Crippen LogP contribution >= 0.6 is 0 Å². The molecule has 13 rings (SSSR count). The van der Waals surface area contributed by atoms with Gasteiger partial charge in [0.25, 0.3) is 0 Å². The monoisotopic (exact) mass is 838 g/mol. The van der Waals surface area contributed by atoms with Crippen molar-refractivity contribution in [2.75, 3.05) is 0 Å². The van der Waals surface area contributed by atoms with E-state index in [4.69, 9.17) is 19.9 Å². The summed E-state index contributed by atoms with van der Waals surface area (Å²) >= 11 is 0. The van der Waals surface area contributed by atoms with Gasteiger partial charge in [0, 0.05) is 44.4 Å². The summed E-state index contributed by atoms with van der Waals surface area (Å²) in [6.07, 6.45) is 1.85. The zero-order chi connectivity index (χ0) is 43.6. The van der Waals surface area contributed by atoms with Crippen molar-refractivity contribution in [1.82, 2.24) is 19.9 Å². The lowest BCUT2D eigenvalue weighted by Crippen LogP contribution is -1.95. The van der Waals surface area contributed by atoms with Crippen molar-refractivity contribution in [2.24, 2.45) is 0 Å². The number of hydrogen-bond acceptors (Lipinski definition) is 4. The molecule has 306 valence electrons. The highest BCUT2D eigenvalue weighted by Gasteiger charge is 2.19. The maximum atomic E-state index is 5.45. The summed E-state index contributed by atoms with van der Waals surface area (Å²) in [6, 6.07) is 79.8. The first-order valence-electron chi connectivity index (χ1n) is 22.4. The highest BCUT2D eigenvalue weighted by Crippen LogP contribution is 2.44. The van der Waals surface area contributed by atoms with Crippen LogP contribution in [0.3, 0.4) is 0 Å². The zero-order valence-electron chi connectivity index (χ0n) is 35.7. The van der Waals surface area contributed by atoms with Gasteiger partial charge in [0.1, 0.15) is 0 Å². The molecule has 0 radical (unpaired) electrons. The third-order valence-corrected chi connectivity index (χ3v) is 13.0. The minimum absolute atomic E-state index is 0.906. The average Bonchev–Trinajstić information content (AvgIpc) is 3.39. The molecule has 0 saturated heterocycles. The zero-order valence-corrected chi connectivity index (χ0v) is 35.7. The van der Waals surface area contributed by atoms with Gasteiger partial charge >= 0.3 is 0 Å². The molecule has 0 aliphatic rings. The minimum atomic E-state index is 0.906. The summed E-state index contributed by atoms with van der Waals surface area (Å²) in [6.45, 7) is 0. The van der Waals surface area contributed by atoms with E-state index in [1.54, 1.807) is 0 Å². The first-order valence-corrected chi connectivity index (χ1v) is 22.4. The van der Waals surface area contributed by atoms with E-state index >= 15 is 0 Å². The molecule has 9 aromatic carbocycles. The molecule has 0 unspecified atom stereocenters. The molecular weight excluding hydrogens is 801 g/mol. The molecular formula is C62H38N4. The molecule has 66 heavy (non-hydrogen) atoms. The number of nitrogens with zero attached hydrogens (tertiary/aromatic N) is 4. The summed E-state index contributed by atoms with van der Waals surface area (Å²) < 4.78 is 0. The lowest BCUT2D eigenvalue weighted by Gasteiger charge is -2.17. The fraction of sp³-hybridized carbons (Fsp3) is 0. The van der Waals surface area contributed by atoms with Gasteiger partial charge in [0.05, 0.1) is 39.1 Å². The van der Waals surface area contributed by atoms with E-state index in [2.05, 4.69) is 218 Å². The average molecular weight is 839 g/mol.